The van der Waals surface area contributed by atoms with Crippen LogP contribution in [0.1, 0.15) is 51.3 Å². The second-order valence-corrected chi connectivity index (χ2v) is 8.48. The third kappa shape index (κ3) is 4.46. The summed E-state index contributed by atoms with van der Waals surface area (Å²) in [6, 6.07) is 9.50. The SMILES string of the molecule is CCc1ccc(Oc2cccc(C(F)(F)F)c2)cc1C1=C(O)C(C)(C)OC(C)(C)C1=O. The Bertz CT molecular complexity index is 1050. The van der Waals surface area contributed by atoms with Crippen LogP contribution in [0.2, 0.25) is 0 Å². The summed E-state index contributed by atoms with van der Waals surface area (Å²) in [7, 11) is 0. The van der Waals surface area contributed by atoms with Gasteiger partial charge in [-0.15, -0.1) is 0 Å². The smallest absolute Gasteiger partial charge is 0.416 e. The highest BCUT2D eigenvalue weighted by molar-refractivity contribution is 6.26. The minimum absolute atomic E-state index is 0.0159. The highest BCUT2D eigenvalue weighted by atomic mass is 19.4. The van der Waals surface area contributed by atoms with E-state index in [-0.39, 0.29) is 28.6 Å². The maximum atomic E-state index is 13.1. The molecule has 3 rings (SSSR count). The fraction of sp³-hybridized carbons (Fsp3) is 0.375. The van der Waals surface area contributed by atoms with E-state index in [1.165, 1.54) is 12.1 Å². The molecule has 166 valence electrons. The van der Waals surface area contributed by atoms with Crippen LogP contribution in [0.3, 0.4) is 0 Å². The topological polar surface area (TPSA) is 55.8 Å². The molecule has 0 aliphatic carbocycles. The monoisotopic (exact) mass is 434 g/mol. The minimum Gasteiger partial charge on any atom is -0.508 e. The molecule has 0 radical (unpaired) electrons. The maximum Gasteiger partial charge on any atom is 0.416 e. The highest BCUT2D eigenvalue weighted by Gasteiger charge is 2.47. The van der Waals surface area contributed by atoms with E-state index in [0.29, 0.717) is 12.0 Å². The highest BCUT2D eigenvalue weighted by Crippen LogP contribution is 2.42. The van der Waals surface area contributed by atoms with Gasteiger partial charge in [-0.1, -0.05) is 19.1 Å². The molecule has 0 bridgehead atoms. The Morgan fingerprint density at radius 2 is 1.65 bits per heavy atom. The van der Waals surface area contributed by atoms with Gasteiger partial charge in [-0.3, -0.25) is 4.79 Å². The third-order valence-corrected chi connectivity index (χ3v) is 5.22. The number of hydrogen-bond acceptors (Lipinski definition) is 4. The molecule has 2 aromatic rings. The predicted octanol–water partition coefficient (Wildman–Crippen LogP) is 6.49. The zero-order valence-electron chi connectivity index (χ0n) is 18.1. The van der Waals surface area contributed by atoms with Crippen molar-refractivity contribution in [3.63, 3.8) is 0 Å². The van der Waals surface area contributed by atoms with Crippen LogP contribution in [0.15, 0.2) is 48.2 Å². The molecule has 4 nitrogen and oxygen atoms in total. The van der Waals surface area contributed by atoms with Gasteiger partial charge in [-0.2, -0.15) is 13.2 Å². The van der Waals surface area contributed by atoms with Crippen LogP contribution in [0.4, 0.5) is 13.2 Å². The first-order valence-electron chi connectivity index (χ1n) is 9.93. The molecule has 0 saturated carbocycles. The number of rotatable bonds is 4. The van der Waals surface area contributed by atoms with E-state index >= 15 is 0 Å². The van der Waals surface area contributed by atoms with Crippen LogP contribution < -0.4 is 4.74 Å². The lowest BCUT2D eigenvalue weighted by Gasteiger charge is -2.40. The fourth-order valence-electron chi connectivity index (χ4n) is 3.72. The summed E-state index contributed by atoms with van der Waals surface area (Å²) in [5, 5.41) is 10.8. The summed E-state index contributed by atoms with van der Waals surface area (Å²) in [5.74, 6) is -0.304. The van der Waals surface area contributed by atoms with Crippen molar-refractivity contribution < 1.29 is 32.5 Å². The van der Waals surface area contributed by atoms with Crippen LogP contribution in [-0.4, -0.2) is 22.1 Å². The Labute approximate surface area is 179 Å². The average Bonchev–Trinajstić information content (AvgIpc) is 2.66. The molecular weight excluding hydrogens is 409 g/mol. The van der Waals surface area contributed by atoms with Crippen LogP contribution in [0.5, 0.6) is 11.5 Å². The number of aryl methyl sites for hydroxylation is 1. The number of aliphatic hydroxyl groups is 1. The summed E-state index contributed by atoms with van der Waals surface area (Å²) in [6.45, 7) is 8.52. The quantitative estimate of drug-likeness (QED) is 0.598. The molecule has 0 saturated heterocycles. The number of alkyl halides is 3. The van der Waals surface area contributed by atoms with Crippen LogP contribution in [0, 0.1) is 0 Å². The van der Waals surface area contributed by atoms with Crippen molar-refractivity contribution in [2.75, 3.05) is 0 Å². The lowest BCUT2D eigenvalue weighted by atomic mass is 9.81. The third-order valence-electron chi connectivity index (χ3n) is 5.22. The van der Waals surface area contributed by atoms with E-state index in [1.54, 1.807) is 45.9 Å². The summed E-state index contributed by atoms with van der Waals surface area (Å²) in [4.78, 5) is 13.1. The number of aliphatic hydroxyl groups excluding tert-OH is 1. The van der Waals surface area contributed by atoms with Gasteiger partial charge in [-0.25, -0.2) is 0 Å². The van der Waals surface area contributed by atoms with Gasteiger partial charge < -0.3 is 14.6 Å². The number of halogens is 3. The van der Waals surface area contributed by atoms with Gasteiger partial charge in [0.25, 0.3) is 0 Å². The average molecular weight is 434 g/mol. The first kappa shape index (κ1) is 22.9. The largest absolute Gasteiger partial charge is 0.508 e. The summed E-state index contributed by atoms with van der Waals surface area (Å²) >= 11 is 0. The second-order valence-electron chi connectivity index (χ2n) is 8.48. The van der Waals surface area contributed by atoms with Crippen LogP contribution >= 0.6 is 0 Å². The van der Waals surface area contributed by atoms with Crippen LogP contribution in [-0.2, 0) is 22.1 Å². The van der Waals surface area contributed by atoms with Crippen molar-refractivity contribution in [3.05, 3.63) is 64.9 Å². The van der Waals surface area contributed by atoms with Crippen molar-refractivity contribution in [3.8, 4) is 11.5 Å². The molecule has 0 spiro atoms. The molecular formula is C24H25F3O4. The van der Waals surface area contributed by atoms with Crippen molar-refractivity contribution >= 4 is 11.4 Å². The molecule has 1 aliphatic heterocycles. The Morgan fingerprint density at radius 1 is 1.00 bits per heavy atom. The van der Waals surface area contributed by atoms with E-state index < -0.39 is 22.9 Å². The lowest BCUT2D eigenvalue weighted by molar-refractivity contribution is -0.158. The molecule has 0 unspecified atom stereocenters. The van der Waals surface area contributed by atoms with Crippen molar-refractivity contribution in [2.45, 2.75) is 58.4 Å². The number of carbonyl (C=O) groups excluding carboxylic acids is 1. The molecule has 7 heteroatoms. The Hall–Kier alpha value is -2.80. The van der Waals surface area contributed by atoms with Gasteiger partial charge >= 0.3 is 6.18 Å². The lowest BCUT2D eigenvalue weighted by Crippen LogP contribution is -2.49. The van der Waals surface area contributed by atoms with Crippen molar-refractivity contribution in [1.29, 1.82) is 0 Å². The number of ether oxygens (including phenoxy) is 2. The number of ketones is 1. The van der Waals surface area contributed by atoms with Gasteiger partial charge in [0.15, 0.2) is 5.78 Å². The Kier molecular flexibility index (Phi) is 5.69. The van der Waals surface area contributed by atoms with Gasteiger partial charge in [0.2, 0.25) is 0 Å². The van der Waals surface area contributed by atoms with Crippen molar-refractivity contribution in [1.82, 2.24) is 0 Å². The van der Waals surface area contributed by atoms with E-state index in [2.05, 4.69) is 0 Å². The molecule has 1 aliphatic rings. The van der Waals surface area contributed by atoms with E-state index in [4.69, 9.17) is 9.47 Å². The standard InChI is InChI=1S/C24H25F3O4/c1-6-14-10-11-17(30-16-9-7-8-15(12-16)24(25,26)27)13-18(14)19-20(28)22(2,3)31-23(4,5)21(19)29/h7-13,28H,6H2,1-5H3. The molecule has 0 atom stereocenters. The zero-order chi connectivity index (χ0) is 23.2. The molecule has 2 aromatic carbocycles. The fourth-order valence-corrected chi connectivity index (χ4v) is 3.72. The summed E-state index contributed by atoms with van der Waals surface area (Å²) in [6.07, 6.45) is -3.91. The second kappa shape index (κ2) is 7.71. The summed E-state index contributed by atoms with van der Waals surface area (Å²) in [5.41, 5.74) is -1.67. The number of carbonyl (C=O) groups is 1. The van der Waals surface area contributed by atoms with E-state index in [1.807, 2.05) is 6.92 Å². The number of hydrogen-bond donors (Lipinski definition) is 1. The molecule has 1 N–H and O–H groups in total. The van der Waals surface area contributed by atoms with E-state index in [0.717, 1.165) is 17.7 Å². The molecule has 0 amide bonds. The molecule has 0 aromatic heterocycles. The molecule has 31 heavy (non-hydrogen) atoms. The first-order valence-corrected chi connectivity index (χ1v) is 9.93. The van der Waals surface area contributed by atoms with E-state index in [9.17, 15) is 23.1 Å². The Balaban J connectivity index is 2.09. The van der Waals surface area contributed by atoms with Gasteiger partial charge in [0, 0.05) is 0 Å². The maximum absolute atomic E-state index is 13.1. The minimum atomic E-state index is -4.49. The molecule has 1 heterocycles. The normalized spacial score (nSPS) is 18.3. The summed E-state index contributed by atoms with van der Waals surface area (Å²) < 4.78 is 50.5. The van der Waals surface area contributed by atoms with Gasteiger partial charge in [-0.05, 0) is 75.6 Å². The zero-order valence-corrected chi connectivity index (χ0v) is 18.1. The van der Waals surface area contributed by atoms with Gasteiger partial charge in [0.05, 0.1) is 11.1 Å². The first-order chi connectivity index (χ1) is 14.3. The number of Topliss-reactive ketones (excluding diaryl/α,β-unsaturated/α-hetero) is 1. The van der Waals surface area contributed by atoms with Crippen LogP contribution in [0.25, 0.3) is 5.57 Å². The van der Waals surface area contributed by atoms with Crippen molar-refractivity contribution in [2.24, 2.45) is 0 Å². The predicted molar refractivity (Wildman–Crippen MR) is 111 cm³/mol. The number of benzene rings is 2. The van der Waals surface area contributed by atoms with Gasteiger partial charge in [0.1, 0.15) is 28.5 Å². The molecule has 0 fully saturated rings. The Morgan fingerprint density at radius 3 is 2.26 bits per heavy atom.